The Kier molecular flexibility index (Phi) is 4.54. The molecule has 0 fully saturated rings. The average Bonchev–Trinajstić information content (AvgIpc) is 3.16. The largest absolute Gasteiger partial charge is 0.464 e. The molecular formula is C23H19FN2O3. The summed E-state index contributed by atoms with van der Waals surface area (Å²) in [5.41, 5.74) is 3.40. The fourth-order valence-corrected chi connectivity index (χ4v) is 3.57. The number of aryl methyl sites for hydroxylation is 1. The van der Waals surface area contributed by atoms with Crippen LogP contribution in [0.1, 0.15) is 16.1 Å². The van der Waals surface area contributed by atoms with Crippen molar-refractivity contribution in [2.24, 2.45) is 7.05 Å². The van der Waals surface area contributed by atoms with Crippen LogP contribution >= 0.6 is 0 Å². The molecular weight excluding hydrogens is 371 g/mol. The molecule has 0 atom stereocenters. The Labute approximate surface area is 166 Å². The van der Waals surface area contributed by atoms with Crippen molar-refractivity contribution in [3.63, 3.8) is 0 Å². The highest BCUT2D eigenvalue weighted by Gasteiger charge is 2.24. The molecule has 0 unspecified atom stereocenters. The topological polar surface area (TPSA) is 53.2 Å². The van der Waals surface area contributed by atoms with E-state index in [-0.39, 0.29) is 17.1 Å². The Hall–Kier alpha value is -3.67. The summed E-state index contributed by atoms with van der Waals surface area (Å²) in [6, 6.07) is 15.4. The van der Waals surface area contributed by atoms with Crippen molar-refractivity contribution in [2.45, 2.75) is 6.92 Å². The van der Waals surface area contributed by atoms with Crippen molar-refractivity contribution in [1.82, 2.24) is 9.13 Å². The molecule has 2 heterocycles. The normalized spacial score (nSPS) is 11.0. The second-order valence-corrected chi connectivity index (χ2v) is 6.87. The third kappa shape index (κ3) is 3.02. The van der Waals surface area contributed by atoms with Crippen molar-refractivity contribution in [1.29, 1.82) is 0 Å². The standard InChI is InChI=1S/C23H19FN2O3/c1-14-4-6-15(7-5-14)19-18-12-13-26(17-10-8-16(24)9-11-17)20(18)22(27)25(2)21(19)23(28)29-3/h4-13H,1-3H3. The first kappa shape index (κ1) is 18.7. The lowest BCUT2D eigenvalue weighted by Crippen LogP contribution is -2.26. The molecule has 0 amide bonds. The Morgan fingerprint density at radius 2 is 1.66 bits per heavy atom. The van der Waals surface area contributed by atoms with Crippen LogP contribution in [0.25, 0.3) is 27.7 Å². The Morgan fingerprint density at radius 1 is 1.00 bits per heavy atom. The minimum Gasteiger partial charge on any atom is -0.464 e. The first-order valence-electron chi connectivity index (χ1n) is 9.07. The number of hydrogen-bond donors (Lipinski definition) is 0. The zero-order chi connectivity index (χ0) is 20.7. The highest BCUT2D eigenvalue weighted by molar-refractivity contribution is 6.06. The number of ether oxygens (including phenoxy) is 1. The minimum absolute atomic E-state index is 0.186. The minimum atomic E-state index is -0.586. The van der Waals surface area contributed by atoms with Gasteiger partial charge in [0, 0.05) is 29.9 Å². The maximum atomic E-state index is 13.4. The van der Waals surface area contributed by atoms with E-state index in [0.717, 1.165) is 11.1 Å². The van der Waals surface area contributed by atoms with Gasteiger partial charge in [-0.3, -0.25) is 4.79 Å². The van der Waals surface area contributed by atoms with E-state index in [1.165, 1.54) is 23.8 Å². The number of nitrogens with zero attached hydrogens (tertiary/aromatic N) is 2. The summed E-state index contributed by atoms with van der Waals surface area (Å²) in [4.78, 5) is 25.8. The number of hydrogen-bond acceptors (Lipinski definition) is 3. The third-order valence-electron chi connectivity index (χ3n) is 5.06. The van der Waals surface area contributed by atoms with E-state index in [2.05, 4.69) is 0 Å². The van der Waals surface area contributed by atoms with Crippen LogP contribution in [0.3, 0.4) is 0 Å². The summed E-state index contributed by atoms with van der Waals surface area (Å²) < 4.78 is 21.3. The lowest BCUT2D eigenvalue weighted by atomic mass is 9.98. The van der Waals surface area contributed by atoms with Gasteiger partial charge >= 0.3 is 5.97 Å². The fourth-order valence-electron chi connectivity index (χ4n) is 3.57. The zero-order valence-corrected chi connectivity index (χ0v) is 16.3. The molecule has 4 rings (SSSR count). The number of methoxy groups -OCH3 is 1. The molecule has 0 aliphatic carbocycles. The number of carbonyl (C=O) groups is 1. The number of aromatic nitrogens is 2. The van der Waals surface area contributed by atoms with Gasteiger partial charge in [0.25, 0.3) is 5.56 Å². The molecule has 0 saturated carbocycles. The van der Waals surface area contributed by atoms with E-state index in [9.17, 15) is 14.0 Å². The van der Waals surface area contributed by atoms with Crippen LogP contribution in [0.4, 0.5) is 4.39 Å². The Balaban J connectivity index is 2.12. The van der Waals surface area contributed by atoms with Gasteiger partial charge in [-0.1, -0.05) is 29.8 Å². The van der Waals surface area contributed by atoms with E-state index in [1.807, 2.05) is 31.2 Å². The van der Waals surface area contributed by atoms with Gasteiger partial charge in [0.1, 0.15) is 17.0 Å². The SMILES string of the molecule is COC(=O)c1c(-c2ccc(C)cc2)c2ccn(-c3ccc(F)cc3)c2c(=O)n1C. The Bertz CT molecular complexity index is 1280. The van der Waals surface area contributed by atoms with Gasteiger partial charge in [-0.15, -0.1) is 0 Å². The van der Waals surface area contributed by atoms with Gasteiger partial charge in [0.2, 0.25) is 0 Å². The maximum Gasteiger partial charge on any atom is 0.355 e. The van der Waals surface area contributed by atoms with Crippen LogP contribution in [-0.2, 0) is 11.8 Å². The van der Waals surface area contributed by atoms with Crippen LogP contribution in [0.2, 0.25) is 0 Å². The highest BCUT2D eigenvalue weighted by atomic mass is 19.1. The van der Waals surface area contributed by atoms with Gasteiger partial charge < -0.3 is 13.9 Å². The van der Waals surface area contributed by atoms with Gasteiger partial charge in [-0.05, 0) is 42.8 Å². The molecule has 0 saturated heterocycles. The van der Waals surface area contributed by atoms with E-state index in [1.54, 1.807) is 36.0 Å². The maximum absolute atomic E-state index is 13.4. The van der Waals surface area contributed by atoms with Crippen LogP contribution in [0, 0.1) is 12.7 Å². The first-order chi connectivity index (χ1) is 13.9. The molecule has 4 aromatic rings. The molecule has 0 aliphatic rings. The first-order valence-corrected chi connectivity index (χ1v) is 9.07. The number of esters is 1. The van der Waals surface area contributed by atoms with Crippen LogP contribution < -0.4 is 5.56 Å². The van der Waals surface area contributed by atoms with Crippen molar-refractivity contribution in [2.75, 3.05) is 7.11 Å². The quantitative estimate of drug-likeness (QED) is 0.492. The fraction of sp³-hybridized carbons (Fsp3) is 0.130. The molecule has 146 valence electrons. The molecule has 2 aromatic heterocycles. The van der Waals surface area contributed by atoms with Crippen molar-refractivity contribution >= 4 is 16.9 Å². The molecule has 0 bridgehead atoms. The second-order valence-electron chi connectivity index (χ2n) is 6.87. The predicted octanol–water partition coefficient (Wildman–Crippen LogP) is 4.23. The van der Waals surface area contributed by atoms with E-state index in [4.69, 9.17) is 4.74 Å². The number of pyridine rings is 1. The van der Waals surface area contributed by atoms with Crippen LogP contribution in [-0.4, -0.2) is 22.2 Å². The molecule has 0 spiro atoms. The van der Waals surface area contributed by atoms with E-state index >= 15 is 0 Å². The summed E-state index contributed by atoms with van der Waals surface area (Å²) in [6.45, 7) is 1.98. The van der Waals surface area contributed by atoms with Crippen LogP contribution in [0.5, 0.6) is 0 Å². The van der Waals surface area contributed by atoms with Gasteiger partial charge in [-0.2, -0.15) is 0 Å². The molecule has 29 heavy (non-hydrogen) atoms. The zero-order valence-electron chi connectivity index (χ0n) is 16.3. The third-order valence-corrected chi connectivity index (χ3v) is 5.06. The van der Waals surface area contributed by atoms with Gasteiger partial charge in [-0.25, -0.2) is 9.18 Å². The summed E-state index contributed by atoms with van der Waals surface area (Å²) in [6.07, 6.45) is 1.75. The number of rotatable bonds is 3. The number of benzene rings is 2. The molecule has 0 N–H and O–H groups in total. The predicted molar refractivity (Wildman–Crippen MR) is 110 cm³/mol. The van der Waals surface area contributed by atoms with E-state index < -0.39 is 5.97 Å². The lowest BCUT2D eigenvalue weighted by Gasteiger charge is -2.15. The average molecular weight is 390 g/mol. The smallest absolute Gasteiger partial charge is 0.355 e. The van der Waals surface area contributed by atoms with Crippen molar-refractivity contribution in [3.8, 4) is 16.8 Å². The summed E-state index contributed by atoms with van der Waals surface area (Å²) in [7, 11) is 2.84. The molecule has 0 aliphatic heterocycles. The molecule has 0 radical (unpaired) electrons. The monoisotopic (exact) mass is 390 g/mol. The molecule has 6 heteroatoms. The summed E-state index contributed by atoms with van der Waals surface area (Å²) >= 11 is 0. The summed E-state index contributed by atoms with van der Waals surface area (Å²) in [5, 5.41) is 0.627. The van der Waals surface area contributed by atoms with Gasteiger partial charge in [0.05, 0.1) is 7.11 Å². The summed E-state index contributed by atoms with van der Waals surface area (Å²) in [5.74, 6) is -0.942. The van der Waals surface area contributed by atoms with Crippen molar-refractivity contribution < 1.29 is 13.9 Å². The number of carbonyl (C=O) groups excluding carboxylic acids is 1. The number of halogens is 1. The Morgan fingerprint density at radius 3 is 2.28 bits per heavy atom. The highest BCUT2D eigenvalue weighted by Crippen LogP contribution is 2.33. The van der Waals surface area contributed by atoms with E-state index in [0.29, 0.717) is 22.2 Å². The molecule has 2 aromatic carbocycles. The second kappa shape index (κ2) is 7.05. The lowest BCUT2D eigenvalue weighted by molar-refractivity contribution is 0.0589. The van der Waals surface area contributed by atoms with Crippen molar-refractivity contribution in [3.05, 3.63) is 88.2 Å². The van der Waals surface area contributed by atoms with Gasteiger partial charge in [0.15, 0.2) is 0 Å². The number of fused-ring (bicyclic) bond motifs is 1. The van der Waals surface area contributed by atoms with Crippen LogP contribution in [0.15, 0.2) is 65.6 Å². The molecule has 5 nitrogen and oxygen atoms in total.